The Labute approximate surface area is 161 Å². The highest BCUT2D eigenvalue weighted by Gasteiger charge is 2.12. The minimum Gasteiger partial charge on any atom is -0.491 e. The lowest BCUT2D eigenvalue weighted by molar-refractivity contribution is 0.0947. The first-order chi connectivity index (χ1) is 12.5. The van der Waals surface area contributed by atoms with Crippen molar-refractivity contribution in [3.05, 3.63) is 63.8 Å². The maximum atomic E-state index is 12.4. The van der Waals surface area contributed by atoms with Crippen LogP contribution >= 0.6 is 23.2 Å². The van der Waals surface area contributed by atoms with Crippen LogP contribution in [0.25, 0.3) is 10.9 Å². The summed E-state index contributed by atoms with van der Waals surface area (Å²) in [5, 5.41) is 5.77. The van der Waals surface area contributed by atoms with Crippen molar-refractivity contribution in [2.75, 3.05) is 6.61 Å². The van der Waals surface area contributed by atoms with Crippen LogP contribution in [0, 0.1) is 0 Å². The number of amides is 1. The number of carbonyl (C=O) groups excluding carboxylic acids is 1. The first-order valence-electron chi connectivity index (χ1n) is 8.01. The fourth-order valence-electron chi connectivity index (χ4n) is 2.67. The number of hydrogen-bond donors (Lipinski definition) is 1. The van der Waals surface area contributed by atoms with Crippen molar-refractivity contribution in [3.63, 3.8) is 0 Å². The third kappa shape index (κ3) is 3.69. The average molecular weight is 390 g/mol. The lowest BCUT2D eigenvalue weighted by Crippen LogP contribution is -2.20. The third-order valence-corrected chi connectivity index (χ3v) is 4.43. The first-order valence-corrected chi connectivity index (χ1v) is 8.76. The Morgan fingerprint density at radius 3 is 2.58 bits per heavy atom. The van der Waals surface area contributed by atoms with E-state index >= 15 is 0 Å². The summed E-state index contributed by atoms with van der Waals surface area (Å²) in [7, 11) is 1.84. The van der Waals surface area contributed by atoms with Crippen molar-refractivity contribution in [3.8, 4) is 5.75 Å². The number of ether oxygens (including phenoxy) is 1. The van der Waals surface area contributed by atoms with Gasteiger partial charge in [-0.15, -0.1) is 0 Å². The summed E-state index contributed by atoms with van der Waals surface area (Å²) < 4.78 is 7.21. The van der Waals surface area contributed by atoms with Gasteiger partial charge in [0.25, 0.3) is 5.91 Å². The molecule has 0 radical (unpaired) electrons. The van der Waals surface area contributed by atoms with E-state index in [0.717, 1.165) is 10.9 Å². The van der Waals surface area contributed by atoms with Crippen LogP contribution in [0.3, 0.4) is 0 Å². The van der Waals surface area contributed by atoms with Crippen LogP contribution in [0.2, 0.25) is 10.0 Å². The molecule has 0 fully saturated rings. The van der Waals surface area contributed by atoms with Crippen LogP contribution in [0.1, 0.15) is 23.0 Å². The molecule has 0 aliphatic carbocycles. The second kappa shape index (κ2) is 7.81. The van der Waals surface area contributed by atoms with Crippen molar-refractivity contribution in [1.29, 1.82) is 0 Å². The van der Waals surface area contributed by atoms with Crippen LogP contribution in [0.5, 0.6) is 5.75 Å². The van der Waals surface area contributed by atoms with Crippen molar-refractivity contribution in [2.45, 2.75) is 6.92 Å². The number of para-hydroxylation sites is 1. The number of hydrogen-bond acceptors (Lipinski definition) is 3. The molecule has 3 rings (SSSR count). The van der Waals surface area contributed by atoms with Gasteiger partial charge < -0.3 is 9.30 Å². The molecule has 0 atom stereocenters. The van der Waals surface area contributed by atoms with Gasteiger partial charge in [0.05, 0.1) is 22.9 Å². The van der Waals surface area contributed by atoms with Crippen LogP contribution in [-0.2, 0) is 7.05 Å². The second-order valence-corrected chi connectivity index (χ2v) is 6.41. The van der Waals surface area contributed by atoms with Gasteiger partial charge in [0.2, 0.25) is 0 Å². The zero-order valence-corrected chi connectivity index (χ0v) is 15.8. The molecule has 1 heterocycles. The second-order valence-electron chi connectivity index (χ2n) is 5.59. The van der Waals surface area contributed by atoms with Gasteiger partial charge in [-0.3, -0.25) is 4.79 Å². The van der Waals surface area contributed by atoms with Gasteiger partial charge in [-0.25, -0.2) is 5.43 Å². The largest absolute Gasteiger partial charge is 0.491 e. The maximum Gasteiger partial charge on any atom is 0.287 e. The highest BCUT2D eigenvalue weighted by atomic mass is 35.5. The number of hydrazone groups is 1. The van der Waals surface area contributed by atoms with Crippen LogP contribution in [0.15, 0.2) is 47.6 Å². The molecule has 2 aromatic carbocycles. The zero-order chi connectivity index (χ0) is 18.7. The van der Waals surface area contributed by atoms with E-state index in [4.69, 9.17) is 27.9 Å². The molecule has 5 nitrogen and oxygen atoms in total. The minimum absolute atomic E-state index is 0.303. The lowest BCUT2D eigenvalue weighted by atomic mass is 10.2. The Balaban J connectivity index is 1.75. The summed E-state index contributed by atoms with van der Waals surface area (Å²) in [6.45, 7) is 2.32. The van der Waals surface area contributed by atoms with E-state index in [1.54, 1.807) is 12.1 Å². The first kappa shape index (κ1) is 18.3. The van der Waals surface area contributed by atoms with Gasteiger partial charge in [0, 0.05) is 18.0 Å². The van der Waals surface area contributed by atoms with Gasteiger partial charge in [-0.1, -0.05) is 41.4 Å². The molecule has 0 spiro atoms. The molecule has 3 aromatic rings. The number of aromatic nitrogens is 1. The predicted molar refractivity (Wildman–Crippen MR) is 106 cm³/mol. The number of halogens is 2. The minimum atomic E-state index is -0.303. The summed E-state index contributed by atoms with van der Waals surface area (Å²) in [5.41, 5.74) is 4.67. The molecule has 0 unspecified atom stereocenters. The van der Waals surface area contributed by atoms with Crippen molar-refractivity contribution < 1.29 is 9.53 Å². The molecule has 134 valence electrons. The Morgan fingerprint density at radius 2 is 1.92 bits per heavy atom. The van der Waals surface area contributed by atoms with Crippen molar-refractivity contribution in [1.82, 2.24) is 9.99 Å². The molecule has 0 saturated heterocycles. The molecule has 0 saturated carbocycles. The molecule has 1 aromatic heterocycles. The third-order valence-electron chi connectivity index (χ3n) is 3.87. The Bertz CT molecular complexity index is 973. The van der Waals surface area contributed by atoms with Gasteiger partial charge in [0.15, 0.2) is 5.75 Å². The van der Waals surface area contributed by atoms with E-state index < -0.39 is 0 Å². The number of carbonyl (C=O) groups is 1. The molecule has 26 heavy (non-hydrogen) atoms. The van der Waals surface area contributed by atoms with E-state index in [1.165, 1.54) is 6.21 Å². The van der Waals surface area contributed by atoms with E-state index in [1.807, 2.05) is 48.9 Å². The Hall–Kier alpha value is -2.50. The van der Waals surface area contributed by atoms with Gasteiger partial charge in [-0.2, -0.15) is 5.10 Å². The SMILES string of the molecule is CCOc1c(Cl)cc(/C=N/NC(=O)c2cc3ccccc3n2C)cc1Cl. The predicted octanol–water partition coefficient (Wildman–Crippen LogP) is 4.65. The van der Waals surface area contributed by atoms with Crippen molar-refractivity contribution >= 4 is 46.2 Å². The van der Waals surface area contributed by atoms with Crippen LogP contribution < -0.4 is 10.2 Å². The summed E-state index contributed by atoms with van der Waals surface area (Å²) in [4.78, 5) is 12.4. The van der Waals surface area contributed by atoms with E-state index in [-0.39, 0.29) is 5.91 Å². The quantitative estimate of drug-likeness (QED) is 0.510. The molecular formula is C19H17Cl2N3O2. The topological polar surface area (TPSA) is 55.6 Å². The average Bonchev–Trinajstić information content (AvgIpc) is 2.95. The highest BCUT2D eigenvalue weighted by molar-refractivity contribution is 6.37. The van der Waals surface area contributed by atoms with Crippen LogP contribution in [-0.4, -0.2) is 23.3 Å². The van der Waals surface area contributed by atoms with Gasteiger partial charge in [-0.05, 0) is 36.8 Å². The standard InChI is InChI=1S/C19H17Cl2N3O2/c1-3-26-18-14(20)8-12(9-15(18)21)11-22-23-19(25)17-10-13-6-4-5-7-16(13)24(17)2/h4-11H,3H2,1-2H3,(H,23,25)/b22-11+. The van der Waals surface area contributed by atoms with Crippen LogP contribution in [0.4, 0.5) is 0 Å². The molecule has 1 amide bonds. The summed E-state index contributed by atoms with van der Waals surface area (Å²) in [5.74, 6) is 0.135. The maximum absolute atomic E-state index is 12.4. The molecule has 7 heteroatoms. The van der Waals surface area contributed by atoms with Gasteiger partial charge in [0.1, 0.15) is 5.69 Å². The van der Waals surface area contributed by atoms with Crippen molar-refractivity contribution in [2.24, 2.45) is 12.1 Å². The molecule has 0 bridgehead atoms. The summed E-state index contributed by atoms with van der Waals surface area (Å²) in [6, 6.07) is 12.9. The number of fused-ring (bicyclic) bond motifs is 1. The number of benzene rings is 2. The smallest absolute Gasteiger partial charge is 0.287 e. The van der Waals surface area contributed by atoms with E-state index in [0.29, 0.717) is 33.7 Å². The molecule has 0 aliphatic rings. The molecule has 0 aliphatic heterocycles. The monoisotopic (exact) mass is 389 g/mol. The molecule has 1 N–H and O–H groups in total. The summed E-state index contributed by atoms with van der Waals surface area (Å²) >= 11 is 12.3. The van der Waals surface area contributed by atoms with E-state index in [9.17, 15) is 4.79 Å². The summed E-state index contributed by atoms with van der Waals surface area (Å²) in [6.07, 6.45) is 1.48. The highest BCUT2D eigenvalue weighted by Crippen LogP contribution is 2.33. The number of nitrogens with one attached hydrogen (secondary N) is 1. The molecular weight excluding hydrogens is 373 g/mol. The fraction of sp³-hybridized carbons (Fsp3) is 0.158. The lowest BCUT2D eigenvalue weighted by Gasteiger charge is -2.08. The van der Waals surface area contributed by atoms with E-state index in [2.05, 4.69) is 10.5 Å². The number of rotatable bonds is 5. The van der Waals surface area contributed by atoms with Gasteiger partial charge >= 0.3 is 0 Å². The Morgan fingerprint density at radius 1 is 1.23 bits per heavy atom. The zero-order valence-electron chi connectivity index (χ0n) is 14.3. The number of nitrogens with zero attached hydrogens (tertiary/aromatic N) is 2. The fourth-order valence-corrected chi connectivity index (χ4v) is 3.28. The Kier molecular flexibility index (Phi) is 5.49. The normalized spacial score (nSPS) is 11.2. The number of aryl methyl sites for hydroxylation is 1.